The quantitative estimate of drug-likeness (QED) is 0.877. The third-order valence-corrected chi connectivity index (χ3v) is 3.21. The molecular formula is C16H17NO3. The van der Waals surface area contributed by atoms with Crippen LogP contribution in [0.15, 0.2) is 48.8 Å². The van der Waals surface area contributed by atoms with Gasteiger partial charge in [0.1, 0.15) is 5.75 Å². The molecule has 0 saturated carbocycles. The average Bonchev–Trinajstić information content (AvgIpc) is 2.48. The Hall–Kier alpha value is -2.36. The van der Waals surface area contributed by atoms with Crippen molar-refractivity contribution in [3.63, 3.8) is 0 Å². The number of aliphatic carboxylic acids is 1. The zero-order valence-electron chi connectivity index (χ0n) is 11.3. The molecule has 2 rings (SSSR count). The zero-order chi connectivity index (χ0) is 14.4. The van der Waals surface area contributed by atoms with Crippen molar-refractivity contribution >= 4 is 5.97 Å². The molecule has 0 amide bonds. The third-order valence-electron chi connectivity index (χ3n) is 3.21. The monoisotopic (exact) mass is 271 g/mol. The minimum atomic E-state index is -0.806. The number of carbonyl (C=O) groups is 1. The number of methoxy groups -OCH3 is 1. The summed E-state index contributed by atoms with van der Waals surface area (Å²) >= 11 is 0. The normalized spacial score (nSPS) is 11.8. The number of carboxylic acids is 1. The summed E-state index contributed by atoms with van der Waals surface area (Å²) in [6.07, 6.45) is 4.28. The van der Waals surface area contributed by atoms with Gasteiger partial charge >= 0.3 is 5.97 Å². The van der Waals surface area contributed by atoms with Gasteiger partial charge in [0, 0.05) is 12.4 Å². The van der Waals surface area contributed by atoms with Crippen molar-refractivity contribution in [1.82, 2.24) is 4.98 Å². The molecule has 2 aromatic rings. The lowest BCUT2D eigenvalue weighted by atomic mass is 9.93. The summed E-state index contributed by atoms with van der Waals surface area (Å²) < 4.78 is 5.27. The number of nitrogens with zero attached hydrogens (tertiary/aromatic N) is 1. The van der Waals surface area contributed by atoms with Crippen LogP contribution in [0.2, 0.25) is 0 Å². The Morgan fingerprint density at radius 2 is 2.05 bits per heavy atom. The van der Waals surface area contributed by atoms with E-state index < -0.39 is 11.9 Å². The first kappa shape index (κ1) is 14.1. The fourth-order valence-electron chi connectivity index (χ4n) is 2.19. The topological polar surface area (TPSA) is 59.4 Å². The maximum Gasteiger partial charge on any atom is 0.307 e. The number of hydrogen-bond acceptors (Lipinski definition) is 3. The first-order valence-corrected chi connectivity index (χ1v) is 6.44. The summed E-state index contributed by atoms with van der Waals surface area (Å²) in [6.45, 7) is 0. The highest BCUT2D eigenvalue weighted by molar-refractivity contribution is 5.71. The molecule has 0 bridgehead atoms. The van der Waals surface area contributed by atoms with Crippen molar-refractivity contribution < 1.29 is 14.6 Å². The number of aromatic nitrogens is 1. The molecule has 0 aliphatic rings. The summed E-state index contributed by atoms with van der Waals surface area (Å²) in [5, 5.41) is 9.40. The predicted molar refractivity (Wildman–Crippen MR) is 75.8 cm³/mol. The lowest BCUT2D eigenvalue weighted by molar-refractivity contribution is -0.141. The van der Waals surface area contributed by atoms with E-state index in [0.717, 1.165) is 16.9 Å². The number of hydrogen-bond donors (Lipinski definition) is 1. The van der Waals surface area contributed by atoms with E-state index >= 15 is 0 Å². The molecule has 1 N–H and O–H groups in total. The van der Waals surface area contributed by atoms with E-state index in [-0.39, 0.29) is 0 Å². The molecule has 1 heterocycles. The first-order chi connectivity index (χ1) is 9.70. The van der Waals surface area contributed by atoms with Gasteiger partial charge in [-0.15, -0.1) is 0 Å². The predicted octanol–water partition coefficient (Wildman–Crippen LogP) is 2.58. The maximum absolute atomic E-state index is 11.4. The molecule has 0 aliphatic carbocycles. The Morgan fingerprint density at radius 1 is 1.25 bits per heavy atom. The third kappa shape index (κ3) is 3.57. The van der Waals surface area contributed by atoms with E-state index in [1.54, 1.807) is 19.5 Å². The number of benzene rings is 1. The van der Waals surface area contributed by atoms with E-state index in [0.29, 0.717) is 12.8 Å². The Kier molecular flexibility index (Phi) is 4.71. The molecule has 0 radical (unpaired) electrons. The van der Waals surface area contributed by atoms with Gasteiger partial charge in [0.2, 0.25) is 0 Å². The Balaban J connectivity index is 2.16. The van der Waals surface area contributed by atoms with E-state index in [1.165, 1.54) is 0 Å². The van der Waals surface area contributed by atoms with Crippen LogP contribution < -0.4 is 4.74 Å². The van der Waals surface area contributed by atoms with Crippen LogP contribution in [0.3, 0.4) is 0 Å². The molecule has 0 spiro atoms. The number of carboxylic acid groups (broad SMARTS) is 1. The highest BCUT2D eigenvalue weighted by Crippen LogP contribution is 2.22. The molecule has 4 nitrogen and oxygen atoms in total. The highest BCUT2D eigenvalue weighted by atomic mass is 16.5. The number of rotatable bonds is 6. The molecular weight excluding hydrogens is 254 g/mol. The summed E-state index contributed by atoms with van der Waals surface area (Å²) in [7, 11) is 1.59. The molecule has 0 aliphatic heterocycles. The summed E-state index contributed by atoms with van der Waals surface area (Å²) in [5.41, 5.74) is 1.83. The molecule has 1 aromatic heterocycles. The molecule has 1 atom stereocenters. The summed E-state index contributed by atoms with van der Waals surface area (Å²) in [4.78, 5) is 15.5. The number of para-hydroxylation sites is 1. The van der Waals surface area contributed by atoms with Crippen molar-refractivity contribution in [2.24, 2.45) is 5.92 Å². The van der Waals surface area contributed by atoms with Crippen LogP contribution in [-0.2, 0) is 17.6 Å². The fourth-order valence-corrected chi connectivity index (χ4v) is 2.19. The van der Waals surface area contributed by atoms with Gasteiger partial charge in [0.05, 0.1) is 13.0 Å². The Bertz CT molecular complexity index is 569. The standard InChI is InChI=1S/C16H17NO3/c1-20-15-7-3-2-6-13(15)10-14(16(18)19)9-12-5-4-8-17-11-12/h2-8,11,14H,9-10H2,1H3,(H,18,19). The second-order valence-corrected chi connectivity index (χ2v) is 4.62. The van der Waals surface area contributed by atoms with Gasteiger partial charge in [-0.25, -0.2) is 0 Å². The van der Waals surface area contributed by atoms with E-state index in [1.807, 2.05) is 36.4 Å². The van der Waals surface area contributed by atoms with Crippen molar-refractivity contribution in [2.45, 2.75) is 12.8 Å². The molecule has 4 heteroatoms. The lowest BCUT2D eigenvalue weighted by Crippen LogP contribution is -2.19. The van der Waals surface area contributed by atoms with Crippen LogP contribution in [0.25, 0.3) is 0 Å². The Morgan fingerprint density at radius 3 is 2.70 bits per heavy atom. The SMILES string of the molecule is COc1ccccc1CC(Cc1cccnc1)C(=O)O. The van der Waals surface area contributed by atoms with E-state index in [4.69, 9.17) is 4.74 Å². The van der Waals surface area contributed by atoms with Crippen LogP contribution in [-0.4, -0.2) is 23.2 Å². The molecule has 20 heavy (non-hydrogen) atoms. The highest BCUT2D eigenvalue weighted by Gasteiger charge is 2.20. The van der Waals surface area contributed by atoms with E-state index in [9.17, 15) is 9.90 Å². The summed E-state index contributed by atoms with van der Waals surface area (Å²) in [5.74, 6) is -0.569. The van der Waals surface area contributed by atoms with Crippen molar-refractivity contribution in [3.8, 4) is 5.75 Å². The number of pyridine rings is 1. The van der Waals surface area contributed by atoms with Crippen LogP contribution >= 0.6 is 0 Å². The minimum absolute atomic E-state index is 0.439. The van der Waals surface area contributed by atoms with Gasteiger partial charge in [-0.3, -0.25) is 9.78 Å². The molecule has 104 valence electrons. The van der Waals surface area contributed by atoms with Crippen molar-refractivity contribution in [1.29, 1.82) is 0 Å². The second kappa shape index (κ2) is 6.70. The van der Waals surface area contributed by atoms with Gasteiger partial charge in [0.15, 0.2) is 0 Å². The van der Waals surface area contributed by atoms with Crippen LogP contribution in [0.4, 0.5) is 0 Å². The summed E-state index contributed by atoms with van der Waals surface area (Å²) in [6, 6.07) is 11.2. The molecule has 1 aromatic carbocycles. The van der Waals surface area contributed by atoms with Crippen molar-refractivity contribution in [2.75, 3.05) is 7.11 Å². The van der Waals surface area contributed by atoms with Gasteiger partial charge in [0.25, 0.3) is 0 Å². The van der Waals surface area contributed by atoms with Gasteiger partial charge < -0.3 is 9.84 Å². The average molecular weight is 271 g/mol. The molecule has 1 unspecified atom stereocenters. The lowest BCUT2D eigenvalue weighted by Gasteiger charge is -2.14. The van der Waals surface area contributed by atoms with E-state index in [2.05, 4.69) is 4.98 Å². The number of ether oxygens (including phenoxy) is 1. The van der Waals surface area contributed by atoms with Crippen LogP contribution in [0.5, 0.6) is 5.75 Å². The first-order valence-electron chi connectivity index (χ1n) is 6.44. The van der Waals surface area contributed by atoms with Crippen LogP contribution in [0, 0.1) is 5.92 Å². The van der Waals surface area contributed by atoms with Crippen molar-refractivity contribution in [3.05, 3.63) is 59.9 Å². The smallest absolute Gasteiger partial charge is 0.307 e. The van der Waals surface area contributed by atoms with Gasteiger partial charge in [-0.1, -0.05) is 24.3 Å². The zero-order valence-corrected chi connectivity index (χ0v) is 11.3. The van der Waals surface area contributed by atoms with Gasteiger partial charge in [-0.05, 0) is 36.1 Å². The minimum Gasteiger partial charge on any atom is -0.496 e. The van der Waals surface area contributed by atoms with Crippen LogP contribution in [0.1, 0.15) is 11.1 Å². The maximum atomic E-state index is 11.4. The molecule has 0 saturated heterocycles. The van der Waals surface area contributed by atoms with Gasteiger partial charge in [-0.2, -0.15) is 0 Å². The fraction of sp³-hybridized carbons (Fsp3) is 0.250. The second-order valence-electron chi connectivity index (χ2n) is 4.62. The molecule has 0 fully saturated rings. The Labute approximate surface area is 118 Å². The largest absolute Gasteiger partial charge is 0.496 e.